The van der Waals surface area contributed by atoms with Crippen molar-refractivity contribution in [2.24, 2.45) is 5.73 Å². The second-order valence-electron chi connectivity index (χ2n) is 5.58. The normalized spacial score (nSPS) is 12.2. The number of carbonyl (C=O) groups is 1. The molecule has 0 aliphatic rings. The van der Waals surface area contributed by atoms with Crippen LogP contribution in [0.4, 0.5) is 0 Å². The van der Waals surface area contributed by atoms with Crippen molar-refractivity contribution in [2.75, 3.05) is 6.54 Å². The fourth-order valence-corrected chi connectivity index (χ4v) is 2.65. The van der Waals surface area contributed by atoms with Gasteiger partial charge in [-0.3, -0.25) is 4.79 Å². The summed E-state index contributed by atoms with van der Waals surface area (Å²) < 4.78 is 1.71. The lowest BCUT2D eigenvalue weighted by molar-refractivity contribution is 0.0935. The van der Waals surface area contributed by atoms with Gasteiger partial charge in [0.2, 0.25) is 0 Å². The van der Waals surface area contributed by atoms with Gasteiger partial charge >= 0.3 is 0 Å². The average Bonchev–Trinajstić information content (AvgIpc) is 2.93. The molecule has 0 fully saturated rings. The molecule has 1 heterocycles. The Morgan fingerprint density at radius 3 is 2.91 bits per heavy atom. The summed E-state index contributed by atoms with van der Waals surface area (Å²) >= 11 is 6.02. The molecule has 5 nitrogen and oxygen atoms in total. The number of carbonyl (C=O) groups excluding carboxylic acids is 1. The quantitative estimate of drug-likeness (QED) is 0.817. The Balaban J connectivity index is 2.16. The summed E-state index contributed by atoms with van der Waals surface area (Å²) in [6.07, 6.45) is 4.60. The minimum Gasteiger partial charge on any atom is -0.348 e. The predicted octanol–water partition coefficient (Wildman–Crippen LogP) is 3.08. The van der Waals surface area contributed by atoms with Crippen molar-refractivity contribution < 1.29 is 4.79 Å². The second-order valence-corrected chi connectivity index (χ2v) is 6.02. The van der Waals surface area contributed by atoms with Crippen LogP contribution in [-0.2, 0) is 0 Å². The van der Waals surface area contributed by atoms with Crippen LogP contribution in [0.25, 0.3) is 5.69 Å². The van der Waals surface area contributed by atoms with Gasteiger partial charge in [-0.05, 0) is 31.5 Å². The van der Waals surface area contributed by atoms with Gasteiger partial charge in [0.05, 0.1) is 23.1 Å². The summed E-state index contributed by atoms with van der Waals surface area (Å²) in [5.74, 6) is -0.137. The number of amides is 1. The fourth-order valence-electron chi connectivity index (χ4n) is 2.46. The van der Waals surface area contributed by atoms with Crippen LogP contribution in [0.2, 0.25) is 5.02 Å². The third-order valence-corrected chi connectivity index (χ3v) is 4.07. The van der Waals surface area contributed by atoms with E-state index in [-0.39, 0.29) is 11.9 Å². The van der Waals surface area contributed by atoms with E-state index >= 15 is 0 Å². The van der Waals surface area contributed by atoms with Crippen LogP contribution in [0.5, 0.6) is 0 Å². The zero-order chi connectivity index (χ0) is 16.8. The molecule has 0 bridgehead atoms. The molecular formula is C17H23ClN4O. The molecule has 2 aromatic rings. The average molecular weight is 335 g/mol. The number of halogens is 1. The molecule has 2 rings (SSSR count). The number of benzene rings is 1. The van der Waals surface area contributed by atoms with Gasteiger partial charge in [0.15, 0.2) is 0 Å². The van der Waals surface area contributed by atoms with E-state index in [1.165, 1.54) is 0 Å². The molecular weight excluding hydrogens is 312 g/mol. The Labute approximate surface area is 141 Å². The van der Waals surface area contributed by atoms with Gasteiger partial charge in [-0.2, -0.15) is 5.10 Å². The standard InChI is InChI=1S/C17H23ClN4O/c1-3-4-7-14(10-19)21-17(23)16-11-20-22(12(16)2)15-8-5-6-13(18)9-15/h5-6,8-9,11,14H,3-4,7,10,19H2,1-2H3,(H,21,23). The van der Waals surface area contributed by atoms with Gasteiger partial charge in [0.25, 0.3) is 5.91 Å². The van der Waals surface area contributed by atoms with Crippen molar-refractivity contribution in [3.8, 4) is 5.69 Å². The second kappa shape index (κ2) is 8.13. The van der Waals surface area contributed by atoms with E-state index in [0.717, 1.165) is 30.6 Å². The number of hydrogen-bond donors (Lipinski definition) is 2. The fraction of sp³-hybridized carbons (Fsp3) is 0.412. The molecule has 1 atom stereocenters. The topological polar surface area (TPSA) is 72.9 Å². The molecule has 3 N–H and O–H groups in total. The number of nitrogens with one attached hydrogen (secondary N) is 1. The van der Waals surface area contributed by atoms with Crippen molar-refractivity contribution in [1.29, 1.82) is 0 Å². The molecule has 0 aliphatic carbocycles. The number of rotatable bonds is 7. The number of nitrogens with two attached hydrogens (primary N) is 1. The van der Waals surface area contributed by atoms with Crippen LogP contribution >= 0.6 is 11.6 Å². The van der Waals surface area contributed by atoms with Crippen LogP contribution in [0.1, 0.15) is 42.2 Å². The molecule has 0 saturated carbocycles. The predicted molar refractivity (Wildman–Crippen MR) is 93.1 cm³/mol. The highest BCUT2D eigenvalue weighted by Gasteiger charge is 2.18. The molecule has 23 heavy (non-hydrogen) atoms. The van der Waals surface area contributed by atoms with E-state index in [2.05, 4.69) is 17.3 Å². The summed E-state index contributed by atoms with van der Waals surface area (Å²) in [4.78, 5) is 12.5. The molecule has 1 unspecified atom stereocenters. The molecule has 0 radical (unpaired) electrons. The van der Waals surface area contributed by atoms with E-state index in [0.29, 0.717) is 17.1 Å². The van der Waals surface area contributed by atoms with Crippen molar-refractivity contribution in [2.45, 2.75) is 39.2 Å². The van der Waals surface area contributed by atoms with E-state index in [1.807, 2.05) is 25.1 Å². The molecule has 1 aromatic heterocycles. The first kappa shape index (κ1) is 17.5. The maximum Gasteiger partial charge on any atom is 0.255 e. The maximum absolute atomic E-state index is 12.5. The number of nitrogens with zero attached hydrogens (tertiary/aromatic N) is 2. The van der Waals surface area contributed by atoms with E-state index < -0.39 is 0 Å². The van der Waals surface area contributed by atoms with Crippen molar-refractivity contribution in [3.63, 3.8) is 0 Å². The van der Waals surface area contributed by atoms with Gasteiger partial charge < -0.3 is 11.1 Å². The summed E-state index contributed by atoms with van der Waals surface area (Å²) in [6.45, 7) is 4.42. The van der Waals surface area contributed by atoms with Crippen LogP contribution in [0, 0.1) is 6.92 Å². The smallest absolute Gasteiger partial charge is 0.255 e. The Morgan fingerprint density at radius 2 is 2.26 bits per heavy atom. The number of aromatic nitrogens is 2. The molecule has 1 amide bonds. The molecule has 6 heteroatoms. The lowest BCUT2D eigenvalue weighted by Crippen LogP contribution is -2.40. The van der Waals surface area contributed by atoms with Gasteiger partial charge in [-0.15, -0.1) is 0 Å². The zero-order valence-corrected chi connectivity index (χ0v) is 14.3. The maximum atomic E-state index is 12.5. The number of hydrogen-bond acceptors (Lipinski definition) is 3. The highest BCUT2D eigenvalue weighted by atomic mass is 35.5. The first-order valence-electron chi connectivity index (χ1n) is 7.88. The third-order valence-electron chi connectivity index (χ3n) is 3.83. The highest BCUT2D eigenvalue weighted by molar-refractivity contribution is 6.30. The monoisotopic (exact) mass is 334 g/mol. The van der Waals surface area contributed by atoms with Gasteiger partial charge in [0, 0.05) is 17.6 Å². The molecule has 0 saturated heterocycles. The Hall–Kier alpha value is -1.85. The summed E-state index contributed by atoms with van der Waals surface area (Å²) in [6, 6.07) is 7.37. The van der Waals surface area contributed by atoms with Crippen molar-refractivity contribution in [3.05, 3.63) is 46.7 Å². The Kier molecular flexibility index (Phi) is 6.19. The Bertz CT molecular complexity index is 668. The van der Waals surface area contributed by atoms with Crippen LogP contribution in [-0.4, -0.2) is 28.3 Å². The minimum atomic E-state index is -0.137. The molecule has 124 valence electrons. The van der Waals surface area contributed by atoms with Gasteiger partial charge in [-0.1, -0.05) is 37.4 Å². The summed E-state index contributed by atoms with van der Waals surface area (Å²) in [5.41, 5.74) is 7.90. The third kappa shape index (κ3) is 4.33. The lowest BCUT2D eigenvalue weighted by Gasteiger charge is -2.16. The number of unbranched alkanes of at least 4 members (excludes halogenated alkanes) is 1. The molecule has 0 aliphatic heterocycles. The van der Waals surface area contributed by atoms with E-state index in [1.54, 1.807) is 16.9 Å². The summed E-state index contributed by atoms with van der Waals surface area (Å²) in [7, 11) is 0. The highest BCUT2D eigenvalue weighted by Crippen LogP contribution is 2.18. The minimum absolute atomic E-state index is 0.00336. The largest absolute Gasteiger partial charge is 0.348 e. The van der Waals surface area contributed by atoms with Crippen LogP contribution in [0.15, 0.2) is 30.5 Å². The first-order valence-corrected chi connectivity index (χ1v) is 8.26. The first-order chi connectivity index (χ1) is 11.1. The lowest BCUT2D eigenvalue weighted by atomic mass is 10.1. The van der Waals surface area contributed by atoms with Crippen LogP contribution < -0.4 is 11.1 Å². The zero-order valence-electron chi connectivity index (χ0n) is 13.6. The van der Waals surface area contributed by atoms with Crippen molar-refractivity contribution >= 4 is 17.5 Å². The summed E-state index contributed by atoms with van der Waals surface area (Å²) in [5, 5.41) is 7.93. The van der Waals surface area contributed by atoms with E-state index in [9.17, 15) is 4.79 Å². The SMILES string of the molecule is CCCCC(CN)NC(=O)c1cnn(-c2cccc(Cl)c2)c1C. The van der Waals surface area contributed by atoms with Crippen molar-refractivity contribution in [1.82, 2.24) is 15.1 Å². The van der Waals surface area contributed by atoms with Gasteiger partial charge in [0.1, 0.15) is 0 Å². The van der Waals surface area contributed by atoms with Gasteiger partial charge in [-0.25, -0.2) is 4.68 Å². The Morgan fingerprint density at radius 1 is 1.48 bits per heavy atom. The molecule has 1 aromatic carbocycles. The van der Waals surface area contributed by atoms with Crippen LogP contribution in [0.3, 0.4) is 0 Å². The van der Waals surface area contributed by atoms with E-state index in [4.69, 9.17) is 17.3 Å². The molecule has 0 spiro atoms.